The van der Waals surface area contributed by atoms with E-state index in [1.165, 1.54) is 30.1 Å². The number of non-ortho nitro benzene ring substituents is 1. The van der Waals surface area contributed by atoms with E-state index < -0.39 is 4.92 Å². The first-order chi connectivity index (χ1) is 12.5. The predicted molar refractivity (Wildman–Crippen MR) is 103 cm³/mol. The number of amidine groups is 1. The molecule has 132 valence electrons. The molecule has 0 spiro atoms. The first kappa shape index (κ1) is 17.8. The van der Waals surface area contributed by atoms with Crippen LogP contribution in [0, 0.1) is 17.0 Å². The molecule has 2 aromatic rings. The summed E-state index contributed by atoms with van der Waals surface area (Å²) < 4.78 is 0. The molecule has 26 heavy (non-hydrogen) atoms. The van der Waals surface area contributed by atoms with Crippen LogP contribution in [0.2, 0.25) is 0 Å². The third kappa shape index (κ3) is 4.54. The van der Waals surface area contributed by atoms with Gasteiger partial charge in [0.2, 0.25) is 5.91 Å². The third-order valence-electron chi connectivity index (χ3n) is 3.74. The summed E-state index contributed by atoms with van der Waals surface area (Å²) in [5, 5.41) is 21.5. The van der Waals surface area contributed by atoms with Gasteiger partial charge in [0.25, 0.3) is 5.69 Å². The summed E-state index contributed by atoms with van der Waals surface area (Å²) in [6.07, 6.45) is 2.11. The van der Waals surface area contributed by atoms with Gasteiger partial charge >= 0.3 is 0 Å². The normalized spacial score (nSPS) is 18.4. The lowest BCUT2D eigenvalue weighted by Crippen LogP contribution is -2.25. The lowest BCUT2D eigenvalue weighted by atomic mass is 10.1. The first-order valence-corrected chi connectivity index (χ1v) is 8.78. The second-order valence-electron chi connectivity index (χ2n) is 5.79. The lowest BCUT2D eigenvalue weighted by molar-refractivity contribution is -0.384. The number of benzene rings is 2. The number of thioether (sulfide) groups is 1. The highest BCUT2D eigenvalue weighted by Gasteiger charge is 2.30. The van der Waals surface area contributed by atoms with Crippen molar-refractivity contribution in [2.75, 3.05) is 0 Å². The largest absolute Gasteiger partial charge is 0.303 e. The van der Waals surface area contributed by atoms with Crippen molar-refractivity contribution < 1.29 is 9.72 Å². The maximum absolute atomic E-state index is 12.1. The molecular formula is C18H16N4O3S. The molecular weight excluding hydrogens is 352 g/mol. The number of hydrogen-bond acceptors (Lipinski definition) is 6. The van der Waals surface area contributed by atoms with Crippen LogP contribution in [0.1, 0.15) is 16.7 Å². The Kier molecular flexibility index (Phi) is 5.43. The van der Waals surface area contributed by atoms with Crippen molar-refractivity contribution in [2.24, 2.45) is 10.2 Å². The highest BCUT2D eigenvalue weighted by Crippen LogP contribution is 2.23. The number of carbonyl (C=O) groups excluding carboxylic acids is 1. The molecule has 1 aliphatic heterocycles. The molecule has 2 aromatic carbocycles. The maximum atomic E-state index is 12.1. The molecule has 1 aliphatic rings. The van der Waals surface area contributed by atoms with Gasteiger partial charge in [-0.1, -0.05) is 41.6 Å². The summed E-state index contributed by atoms with van der Waals surface area (Å²) in [6.45, 7) is 2.02. The molecule has 0 aromatic heterocycles. The second kappa shape index (κ2) is 7.92. The minimum absolute atomic E-state index is 0.0195. The Morgan fingerprint density at radius 2 is 2.04 bits per heavy atom. The Labute approximate surface area is 154 Å². The smallest absolute Gasteiger partial charge is 0.269 e. The minimum atomic E-state index is -0.458. The SMILES string of the molecule is Cc1cccc(CC2S/C(=N\N=Cc3ccc([N+](=O)[O-])cc3)NC2=O)c1. The Hall–Kier alpha value is -3.00. The first-order valence-electron chi connectivity index (χ1n) is 7.90. The van der Waals surface area contributed by atoms with Crippen molar-refractivity contribution >= 4 is 34.7 Å². The van der Waals surface area contributed by atoms with Crippen molar-refractivity contribution in [1.82, 2.24) is 5.32 Å². The summed E-state index contributed by atoms with van der Waals surface area (Å²) in [6, 6.07) is 14.0. The molecule has 1 saturated heterocycles. The van der Waals surface area contributed by atoms with Gasteiger partial charge in [-0.05, 0) is 36.6 Å². The molecule has 1 amide bonds. The lowest BCUT2D eigenvalue weighted by Gasteiger charge is -2.05. The zero-order valence-corrected chi connectivity index (χ0v) is 14.8. The van der Waals surface area contributed by atoms with Gasteiger partial charge in [0.05, 0.1) is 16.4 Å². The van der Waals surface area contributed by atoms with Crippen LogP contribution in [0.3, 0.4) is 0 Å². The van der Waals surface area contributed by atoms with E-state index in [9.17, 15) is 14.9 Å². The fraction of sp³-hybridized carbons (Fsp3) is 0.167. The van der Waals surface area contributed by atoms with Crippen LogP contribution < -0.4 is 5.32 Å². The highest BCUT2D eigenvalue weighted by atomic mass is 32.2. The van der Waals surface area contributed by atoms with Gasteiger partial charge in [0.15, 0.2) is 5.17 Å². The van der Waals surface area contributed by atoms with Crippen molar-refractivity contribution in [2.45, 2.75) is 18.6 Å². The molecule has 0 radical (unpaired) electrons. The molecule has 3 rings (SSSR count). The molecule has 1 fully saturated rings. The van der Waals surface area contributed by atoms with E-state index in [1.54, 1.807) is 12.1 Å². The van der Waals surface area contributed by atoms with E-state index in [0.717, 1.165) is 11.1 Å². The van der Waals surface area contributed by atoms with Crippen molar-refractivity contribution in [3.63, 3.8) is 0 Å². The van der Waals surface area contributed by atoms with Crippen LogP contribution in [0.15, 0.2) is 58.7 Å². The van der Waals surface area contributed by atoms with Crippen LogP contribution in [-0.4, -0.2) is 27.5 Å². The van der Waals surface area contributed by atoms with Crippen LogP contribution in [0.5, 0.6) is 0 Å². The zero-order valence-electron chi connectivity index (χ0n) is 14.0. The molecule has 1 N–H and O–H groups in total. The van der Waals surface area contributed by atoms with Crippen molar-refractivity contribution in [1.29, 1.82) is 0 Å². The van der Waals surface area contributed by atoms with Gasteiger partial charge in [-0.25, -0.2) is 0 Å². The molecule has 7 nitrogen and oxygen atoms in total. The van der Waals surface area contributed by atoms with Crippen molar-refractivity contribution in [3.05, 3.63) is 75.3 Å². The van der Waals surface area contributed by atoms with Gasteiger partial charge in [0, 0.05) is 12.1 Å². The van der Waals surface area contributed by atoms with Gasteiger partial charge in [0.1, 0.15) is 0 Å². The number of carbonyl (C=O) groups is 1. The predicted octanol–water partition coefficient (Wildman–Crippen LogP) is 3.07. The van der Waals surface area contributed by atoms with E-state index in [0.29, 0.717) is 17.2 Å². The molecule has 1 heterocycles. The monoisotopic (exact) mass is 368 g/mol. The Balaban J connectivity index is 1.61. The van der Waals surface area contributed by atoms with Crippen LogP contribution in [0.4, 0.5) is 5.69 Å². The van der Waals surface area contributed by atoms with E-state index in [-0.39, 0.29) is 16.8 Å². The molecule has 8 heteroatoms. The standard InChI is InChI=1S/C18H16N4O3S/c1-12-3-2-4-14(9-12)10-16-17(23)20-18(26-16)21-19-11-13-5-7-15(8-6-13)22(24)25/h2-9,11,16H,10H2,1H3,(H,20,21,23). The fourth-order valence-electron chi connectivity index (χ4n) is 2.47. The highest BCUT2D eigenvalue weighted by molar-refractivity contribution is 8.15. The number of nitrogens with one attached hydrogen (secondary N) is 1. The Morgan fingerprint density at radius 3 is 2.73 bits per heavy atom. The van der Waals surface area contributed by atoms with Crippen molar-refractivity contribution in [3.8, 4) is 0 Å². The Morgan fingerprint density at radius 1 is 1.27 bits per heavy atom. The summed E-state index contributed by atoms with van der Waals surface area (Å²) in [4.78, 5) is 22.2. The molecule has 0 saturated carbocycles. The Bertz CT molecular complexity index is 894. The quantitative estimate of drug-likeness (QED) is 0.498. The summed E-state index contributed by atoms with van der Waals surface area (Å²) >= 11 is 1.35. The summed E-state index contributed by atoms with van der Waals surface area (Å²) in [7, 11) is 0. The third-order valence-corrected chi connectivity index (χ3v) is 4.81. The number of nitrogens with zero attached hydrogens (tertiary/aromatic N) is 3. The van der Waals surface area contributed by atoms with Crippen LogP contribution in [0.25, 0.3) is 0 Å². The number of rotatable bonds is 5. The van der Waals surface area contributed by atoms with Gasteiger partial charge in [-0.2, -0.15) is 5.10 Å². The number of nitro benzene ring substituents is 1. The maximum Gasteiger partial charge on any atom is 0.269 e. The summed E-state index contributed by atoms with van der Waals surface area (Å²) in [5.41, 5.74) is 2.97. The second-order valence-corrected chi connectivity index (χ2v) is 6.98. The average Bonchev–Trinajstić information content (AvgIpc) is 2.95. The van der Waals surface area contributed by atoms with Gasteiger partial charge in [-0.3, -0.25) is 14.9 Å². The minimum Gasteiger partial charge on any atom is -0.303 e. The topological polar surface area (TPSA) is 97.0 Å². The fourth-order valence-corrected chi connectivity index (χ4v) is 3.43. The molecule has 1 atom stereocenters. The van der Waals surface area contributed by atoms with Crippen LogP contribution >= 0.6 is 11.8 Å². The van der Waals surface area contributed by atoms with E-state index in [4.69, 9.17) is 0 Å². The molecule has 0 bridgehead atoms. The van der Waals surface area contributed by atoms with E-state index >= 15 is 0 Å². The number of aryl methyl sites for hydroxylation is 1. The molecule has 0 aliphatic carbocycles. The van der Waals surface area contributed by atoms with E-state index in [1.807, 2.05) is 25.1 Å². The zero-order chi connectivity index (χ0) is 18.5. The average molecular weight is 368 g/mol. The van der Waals surface area contributed by atoms with E-state index in [2.05, 4.69) is 21.6 Å². The van der Waals surface area contributed by atoms with Crippen LogP contribution in [-0.2, 0) is 11.2 Å². The molecule has 1 unspecified atom stereocenters. The summed E-state index contributed by atoms with van der Waals surface area (Å²) in [5.74, 6) is -0.0826. The number of amides is 1. The van der Waals surface area contributed by atoms with Gasteiger partial charge < -0.3 is 5.32 Å². The number of nitro groups is 1. The number of hydrogen-bond donors (Lipinski definition) is 1. The van der Waals surface area contributed by atoms with Gasteiger partial charge in [-0.15, -0.1) is 5.10 Å².